The highest BCUT2D eigenvalue weighted by Gasteiger charge is 2.28. The molecule has 1 amide bonds. The molecule has 2 N–H and O–H groups in total. The van der Waals surface area contributed by atoms with Crippen LogP contribution in [0.2, 0.25) is 0 Å². The molecular weight excluding hydrogens is 178 g/mol. The quantitative estimate of drug-likeness (QED) is 0.599. The van der Waals surface area contributed by atoms with E-state index in [0.717, 1.165) is 39.0 Å². The van der Waals surface area contributed by atoms with Crippen LogP contribution in [-0.2, 0) is 4.79 Å². The molecule has 0 aromatic heterocycles. The maximum Gasteiger partial charge on any atom is 0.239 e. The SMILES string of the molecule is C[C@@H]1CN(C(=O)[C@H]2CCCN2)CCN1. The highest BCUT2D eigenvalue weighted by Crippen LogP contribution is 2.10. The molecule has 2 saturated heterocycles. The van der Waals surface area contributed by atoms with E-state index in [2.05, 4.69) is 17.6 Å². The summed E-state index contributed by atoms with van der Waals surface area (Å²) in [6.07, 6.45) is 2.15. The van der Waals surface area contributed by atoms with Crippen molar-refractivity contribution in [3.05, 3.63) is 0 Å². The van der Waals surface area contributed by atoms with Gasteiger partial charge in [-0.25, -0.2) is 0 Å². The lowest BCUT2D eigenvalue weighted by Crippen LogP contribution is -2.55. The van der Waals surface area contributed by atoms with Crippen LogP contribution in [0.1, 0.15) is 19.8 Å². The fraction of sp³-hybridized carbons (Fsp3) is 0.900. The van der Waals surface area contributed by atoms with E-state index in [0.29, 0.717) is 11.9 Å². The summed E-state index contributed by atoms with van der Waals surface area (Å²) < 4.78 is 0. The van der Waals surface area contributed by atoms with Crippen LogP contribution in [0.15, 0.2) is 0 Å². The number of hydrogen-bond donors (Lipinski definition) is 2. The average molecular weight is 197 g/mol. The second-order valence-corrected chi connectivity index (χ2v) is 4.29. The van der Waals surface area contributed by atoms with Crippen molar-refractivity contribution in [2.24, 2.45) is 0 Å². The predicted octanol–water partition coefficient (Wildman–Crippen LogP) is -0.441. The molecule has 2 atom stereocenters. The zero-order valence-corrected chi connectivity index (χ0v) is 8.75. The molecule has 2 rings (SSSR count). The van der Waals surface area contributed by atoms with Crippen LogP contribution >= 0.6 is 0 Å². The van der Waals surface area contributed by atoms with Crippen molar-refractivity contribution in [3.8, 4) is 0 Å². The molecule has 0 saturated carbocycles. The van der Waals surface area contributed by atoms with Gasteiger partial charge in [-0.3, -0.25) is 4.79 Å². The molecule has 0 aliphatic carbocycles. The summed E-state index contributed by atoms with van der Waals surface area (Å²) in [7, 11) is 0. The molecule has 2 fully saturated rings. The monoisotopic (exact) mass is 197 g/mol. The van der Waals surface area contributed by atoms with Gasteiger partial charge in [-0.1, -0.05) is 0 Å². The summed E-state index contributed by atoms with van der Waals surface area (Å²) in [5, 5.41) is 6.60. The molecule has 0 spiro atoms. The van der Waals surface area contributed by atoms with E-state index in [1.54, 1.807) is 0 Å². The molecule has 0 radical (unpaired) electrons. The lowest BCUT2D eigenvalue weighted by molar-refractivity contribution is -0.134. The maximum atomic E-state index is 12.0. The topological polar surface area (TPSA) is 44.4 Å². The molecule has 80 valence electrons. The third kappa shape index (κ3) is 2.07. The van der Waals surface area contributed by atoms with E-state index in [-0.39, 0.29) is 6.04 Å². The molecule has 2 aliphatic rings. The first kappa shape index (κ1) is 9.93. The standard InChI is InChI=1S/C10H19N3O/c1-8-7-13(6-5-11-8)10(14)9-3-2-4-12-9/h8-9,11-12H,2-7H2,1H3/t8-,9-/m1/s1. The van der Waals surface area contributed by atoms with Crippen molar-refractivity contribution in [2.45, 2.75) is 31.8 Å². The summed E-state index contributed by atoms with van der Waals surface area (Å²) in [5.74, 6) is 0.302. The van der Waals surface area contributed by atoms with Crippen molar-refractivity contribution >= 4 is 5.91 Å². The summed E-state index contributed by atoms with van der Waals surface area (Å²) in [4.78, 5) is 14.0. The van der Waals surface area contributed by atoms with Crippen LogP contribution in [0.5, 0.6) is 0 Å². The van der Waals surface area contributed by atoms with Gasteiger partial charge in [0.15, 0.2) is 0 Å². The van der Waals surface area contributed by atoms with Crippen LogP contribution in [0.25, 0.3) is 0 Å². The summed E-state index contributed by atoms with van der Waals surface area (Å²) >= 11 is 0. The number of carbonyl (C=O) groups excluding carboxylic acids is 1. The van der Waals surface area contributed by atoms with Gasteiger partial charge in [0.05, 0.1) is 6.04 Å². The number of carbonyl (C=O) groups is 1. The van der Waals surface area contributed by atoms with E-state index >= 15 is 0 Å². The van der Waals surface area contributed by atoms with Gasteiger partial charge in [0, 0.05) is 25.7 Å². The Morgan fingerprint density at radius 2 is 2.21 bits per heavy atom. The lowest BCUT2D eigenvalue weighted by atomic mass is 10.1. The van der Waals surface area contributed by atoms with Crippen LogP contribution in [0.3, 0.4) is 0 Å². The Morgan fingerprint density at radius 1 is 1.36 bits per heavy atom. The third-order valence-electron chi connectivity index (χ3n) is 3.04. The molecule has 4 heteroatoms. The minimum absolute atomic E-state index is 0.0975. The molecule has 2 heterocycles. The van der Waals surface area contributed by atoms with Crippen LogP contribution in [0, 0.1) is 0 Å². The molecule has 0 aromatic carbocycles. The Hall–Kier alpha value is -0.610. The van der Waals surface area contributed by atoms with Gasteiger partial charge in [0.25, 0.3) is 0 Å². The first-order valence-corrected chi connectivity index (χ1v) is 5.53. The molecule has 2 aliphatic heterocycles. The third-order valence-corrected chi connectivity index (χ3v) is 3.04. The molecule has 0 unspecified atom stereocenters. The van der Waals surface area contributed by atoms with E-state index in [9.17, 15) is 4.79 Å². The second-order valence-electron chi connectivity index (χ2n) is 4.29. The van der Waals surface area contributed by atoms with Crippen LogP contribution in [-0.4, -0.2) is 49.1 Å². The van der Waals surface area contributed by atoms with Crippen molar-refractivity contribution < 1.29 is 4.79 Å². The minimum atomic E-state index is 0.0975. The van der Waals surface area contributed by atoms with Gasteiger partial charge in [0.1, 0.15) is 0 Å². The van der Waals surface area contributed by atoms with Gasteiger partial charge in [0.2, 0.25) is 5.91 Å². The van der Waals surface area contributed by atoms with Crippen LogP contribution < -0.4 is 10.6 Å². The Morgan fingerprint density at radius 3 is 2.86 bits per heavy atom. The van der Waals surface area contributed by atoms with E-state index < -0.39 is 0 Å². The first-order valence-electron chi connectivity index (χ1n) is 5.53. The fourth-order valence-electron chi connectivity index (χ4n) is 2.25. The summed E-state index contributed by atoms with van der Waals surface area (Å²) in [6.45, 7) is 5.78. The van der Waals surface area contributed by atoms with Crippen molar-refractivity contribution in [1.82, 2.24) is 15.5 Å². The smallest absolute Gasteiger partial charge is 0.239 e. The molecule has 0 aromatic rings. The minimum Gasteiger partial charge on any atom is -0.339 e. The Balaban J connectivity index is 1.89. The first-order chi connectivity index (χ1) is 6.77. The number of amides is 1. The fourth-order valence-corrected chi connectivity index (χ4v) is 2.25. The Labute approximate surface area is 85.0 Å². The highest BCUT2D eigenvalue weighted by atomic mass is 16.2. The largest absolute Gasteiger partial charge is 0.339 e. The zero-order valence-electron chi connectivity index (χ0n) is 8.75. The van der Waals surface area contributed by atoms with Gasteiger partial charge in [-0.05, 0) is 26.3 Å². The molecule has 14 heavy (non-hydrogen) atoms. The maximum absolute atomic E-state index is 12.0. The van der Waals surface area contributed by atoms with Gasteiger partial charge < -0.3 is 15.5 Å². The van der Waals surface area contributed by atoms with E-state index in [1.807, 2.05) is 4.90 Å². The van der Waals surface area contributed by atoms with Crippen molar-refractivity contribution in [3.63, 3.8) is 0 Å². The second kappa shape index (κ2) is 4.28. The number of nitrogens with zero attached hydrogens (tertiary/aromatic N) is 1. The number of rotatable bonds is 1. The number of hydrogen-bond acceptors (Lipinski definition) is 3. The predicted molar refractivity (Wildman–Crippen MR) is 55.1 cm³/mol. The molecular formula is C10H19N3O. The van der Waals surface area contributed by atoms with Crippen molar-refractivity contribution in [2.75, 3.05) is 26.2 Å². The summed E-state index contributed by atoms with van der Waals surface area (Å²) in [5.41, 5.74) is 0. The normalized spacial score (nSPS) is 33.4. The van der Waals surface area contributed by atoms with Crippen molar-refractivity contribution in [1.29, 1.82) is 0 Å². The van der Waals surface area contributed by atoms with E-state index in [4.69, 9.17) is 0 Å². The van der Waals surface area contributed by atoms with Gasteiger partial charge >= 0.3 is 0 Å². The average Bonchev–Trinajstić information content (AvgIpc) is 2.69. The lowest BCUT2D eigenvalue weighted by Gasteiger charge is -2.33. The molecule has 0 bridgehead atoms. The van der Waals surface area contributed by atoms with Gasteiger partial charge in [-0.2, -0.15) is 0 Å². The number of piperazine rings is 1. The van der Waals surface area contributed by atoms with Gasteiger partial charge in [-0.15, -0.1) is 0 Å². The van der Waals surface area contributed by atoms with E-state index in [1.165, 1.54) is 0 Å². The summed E-state index contributed by atoms with van der Waals surface area (Å²) in [6, 6.07) is 0.536. The Bertz CT molecular complexity index is 213. The highest BCUT2D eigenvalue weighted by molar-refractivity contribution is 5.82. The molecule has 4 nitrogen and oxygen atoms in total. The van der Waals surface area contributed by atoms with Crippen LogP contribution in [0.4, 0.5) is 0 Å². The zero-order chi connectivity index (χ0) is 9.97. The Kier molecular flexibility index (Phi) is 3.03. The number of nitrogens with one attached hydrogen (secondary N) is 2.